The molecule has 0 spiro atoms. The molecule has 0 saturated heterocycles. The second kappa shape index (κ2) is 7.56. The van der Waals surface area contributed by atoms with Gasteiger partial charge >= 0.3 is 6.03 Å². The molecule has 0 saturated carbocycles. The Hall–Kier alpha value is -2.89. The molecule has 0 radical (unpaired) electrons. The normalized spacial score (nSPS) is 13.2. The second-order valence-electron chi connectivity index (χ2n) is 6.70. The summed E-state index contributed by atoms with van der Waals surface area (Å²) in [5, 5.41) is 3.02. The van der Waals surface area contributed by atoms with Crippen LogP contribution in [-0.4, -0.2) is 38.9 Å². The van der Waals surface area contributed by atoms with Crippen molar-refractivity contribution in [3.05, 3.63) is 53.6 Å². The van der Waals surface area contributed by atoms with Gasteiger partial charge in [0.2, 0.25) is 6.79 Å². The number of benzene rings is 2. The fraction of sp³-hybridized carbons (Fsp3) is 0.350. The number of nitrogens with one attached hydrogen (secondary N) is 1. The van der Waals surface area contributed by atoms with E-state index in [4.69, 9.17) is 9.47 Å². The molecule has 1 atom stereocenters. The standard InChI is InChI=1S/C20H25N3O3/c1-14(16-7-10-18-19(11-16)26-13-25-18)21-20(24)23(4)12-15-5-8-17(9-6-15)22(2)3/h5-11,14H,12-13H2,1-4H3,(H,21,24). The van der Waals surface area contributed by atoms with Crippen LogP contribution in [-0.2, 0) is 6.54 Å². The van der Waals surface area contributed by atoms with Crippen LogP contribution < -0.4 is 19.7 Å². The van der Waals surface area contributed by atoms with Crippen LogP contribution in [0, 0.1) is 0 Å². The maximum atomic E-state index is 12.5. The lowest BCUT2D eigenvalue weighted by atomic mass is 10.1. The summed E-state index contributed by atoms with van der Waals surface area (Å²) < 4.78 is 10.7. The monoisotopic (exact) mass is 355 g/mol. The van der Waals surface area contributed by atoms with Crippen LogP contribution in [0.1, 0.15) is 24.1 Å². The summed E-state index contributed by atoms with van der Waals surface area (Å²) in [6, 6.07) is 13.7. The first-order chi connectivity index (χ1) is 12.4. The van der Waals surface area contributed by atoms with E-state index in [2.05, 4.69) is 17.4 Å². The van der Waals surface area contributed by atoms with Crippen LogP contribution in [0.15, 0.2) is 42.5 Å². The molecule has 2 aromatic rings. The van der Waals surface area contributed by atoms with E-state index in [0.29, 0.717) is 6.54 Å². The van der Waals surface area contributed by atoms with Crippen molar-refractivity contribution < 1.29 is 14.3 Å². The van der Waals surface area contributed by atoms with Crippen LogP contribution >= 0.6 is 0 Å². The number of rotatable bonds is 5. The van der Waals surface area contributed by atoms with Crippen LogP contribution in [0.4, 0.5) is 10.5 Å². The summed E-state index contributed by atoms with van der Waals surface area (Å²) in [5.74, 6) is 1.46. The molecule has 1 heterocycles. The van der Waals surface area contributed by atoms with E-state index in [-0.39, 0.29) is 18.9 Å². The molecule has 2 aromatic carbocycles. The average molecular weight is 355 g/mol. The van der Waals surface area contributed by atoms with Gasteiger partial charge in [0.1, 0.15) is 0 Å². The molecule has 3 rings (SSSR count). The Kier molecular flexibility index (Phi) is 5.21. The van der Waals surface area contributed by atoms with Gasteiger partial charge < -0.3 is 24.6 Å². The largest absolute Gasteiger partial charge is 0.454 e. The van der Waals surface area contributed by atoms with Crippen molar-refractivity contribution >= 4 is 11.7 Å². The predicted molar refractivity (Wildman–Crippen MR) is 102 cm³/mol. The first kappa shape index (κ1) is 17.9. The van der Waals surface area contributed by atoms with Gasteiger partial charge in [-0.25, -0.2) is 4.79 Å². The third-order valence-electron chi connectivity index (χ3n) is 4.46. The number of nitrogens with zero attached hydrogens (tertiary/aromatic N) is 2. The molecular formula is C20H25N3O3. The van der Waals surface area contributed by atoms with Crippen molar-refractivity contribution in [3.8, 4) is 11.5 Å². The lowest BCUT2D eigenvalue weighted by molar-refractivity contribution is 0.174. The number of carbonyl (C=O) groups excluding carboxylic acids is 1. The zero-order chi connectivity index (χ0) is 18.7. The highest BCUT2D eigenvalue weighted by molar-refractivity contribution is 5.74. The smallest absolute Gasteiger partial charge is 0.317 e. The Bertz CT molecular complexity index is 774. The molecule has 1 N–H and O–H groups in total. The molecule has 0 aliphatic carbocycles. The number of carbonyl (C=O) groups is 1. The first-order valence-electron chi connectivity index (χ1n) is 8.61. The van der Waals surface area contributed by atoms with E-state index in [1.165, 1.54) is 0 Å². The Morgan fingerprint density at radius 1 is 1.08 bits per heavy atom. The Labute approximate surface area is 154 Å². The Balaban J connectivity index is 1.58. The van der Waals surface area contributed by atoms with Crippen molar-refractivity contribution in [3.63, 3.8) is 0 Å². The number of ether oxygens (including phenoxy) is 2. The summed E-state index contributed by atoms with van der Waals surface area (Å²) in [4.78, 5) is 16.2. The van der Waals surface area contributed by atoms with Gasteiger partial charge in [0.25, 0.3) is 0 Å². The van der Waals surface area contributed by atoms with Gasteiger partial charge in [0, 0.05) is 33.4 Å². The topological polar surface area (TPSA) is 54.0 Å². The van der Waals surface area contributed by atoms with E-state index in [1.807, 2.05) is 56.3 Å². The number of fused-ring (bicyclic) bond motifs is 1. The maximum absolute atomic E-state index is 12.5. The zero-order valence-electron chi connectivity index (χ0n) is 15.7. The van der Waals surface area contributed by atoms with Crippen molar-refractivity contribution in [2.45, 2.75) is 19.5 Å². The fourth-order valence-electron chi connectivity index (χ4n) is 2.81. The lowest BCUT2D eigenvalue weighted by Crippen LogP contribution is -2.38. The molecule has 26 heavy (non-hydrogen) atoms. The summed E-state index contributed by atoms with van der Waals surface area (Å²) in [6.45, 7) is 2.75. The molecule has 0 aromatic heterocycles. The minimum Gasteiger partial charge on any atom is -0.454 e. The molecule has 1 unspecified atom stereocenters. The van der Waals surface area contributed by atoms with Gasteiger partial charge in [-0.2, -0.15) is 0 Å². The first-order valence-corrected chi connectivity index (χ1v) is 8.61. The summed E-state index contributed by atoms with van der Waals surface area (Å²) >= 11 is 0. The Morgan fingerprint density at radius 3 is 2.46 bits per heavy atom. The highest BCUT2D eigenvalue weighted by Gasteiger charge is 2.18. The van der Waals surface area contributed by atoms with Crippen molar-refractivity contribution in [2.24, 2.45) is 0 Å². The van der Waals surface area contributed by atoms with E-state index in [9.17, 15) is 4.79 Å². The minimum absolute atomic E-state index is 0.119. The lowest BCUT2D eigenvalue weighted by Gasteiger charge is -2.22. The quantitative estimate of drug-likeness (QED) is 0.893. The van der Waals surface area contributed by atoms with Gasteiger partial charge in [-0.3, -0.25) is 0 Å². The second-order valence-corrected chi connectivity index (χ2v) is 6.70. The number of hydrogen-bond donors (Lipinski definition) is 1. The summed E-state index contributed by atoms with van der Waals surface area (Å²) in [7, 11) is 5.81. The number of anilines is 1. The SMILES string of the molecule is CC(NC(=O)N(C)Cc1ccc(N(C)C)cc1)c1ccc2c(c1)OCO2. The van der Waals surface area contributed by atoms with E-state index < -0.39 is 0 Å². The van der Waals surface area contributed by atoms with E-state index >= 15 is 0 Å². The van der Waals surface area contributed by atoms with Crippen molar-refractivity contribution in [1.29, 1.82) is 0 Å². The van der Waals surface area contributed by atoms with Gasteiger partial charge in [0.05, 0.1) is 6.04 Å². The van der Waals surface area contributed by atoms with Crippen LogP contribution in [0.3, 0.4) is 0 Å². The molecule has 1 aliphatic rings. The zero-order valence-corrected chi connectivity index (χ0v) is 15.7. The number of amides is 2. The maximum Gasteiger partial charge on any atom is 0.317 e. The van der Waals surface area contributed by atoms with E-state index in [0.717, 1.165) is 28.3 Å². The van der Waals surface area contributed by atoms with E-state index in [1.54, 1.807) is 11.9 Å². The molecule has 0 bridgehead atoms. The van der Waals surface area contributed by atoms with Crippen molar-refractivity contribution in [2.75, 3.05) is 32.8 Å². The van der Waals surface area contributed by atoms with Crippen LogP contribution in [0.5, 0.6) is 11.5 Å². The minimum atomic E-state index is -0.129. The molecule has 6 heteroatoms. The molecular weight excluding hydrogens is 330 g/mol. The van der Waals surface area contributed by atoms with Gasteiger partial charge in [-0.1, -0.05) is 18.2 Å². The highest BCUT2D eigenvalue weighted by Crippen LogP contribution is 2.34. The predicted octanol–water partition coefficient (Wildman–Crippen LogP) is 3.38. The van der Waals surface area contributed by atoms with Gasteiger partial charge in [-0.05, 0) is 42.3 Å². The highest BCUT2D eigenvalue weighted by atomic mass is 16.7. The molecule has 2 amide bonds. The molecule has 138 valence electrons. The molecule has 0 fully saturated rings. The summed E-state index contributed by atoms with van der Waals surface area (Å²) in [5.41, 5.74) is 3.20. The average Bonchev–Trinajstić information content (AvgIpc) is 3.09. The molecule has 6 nitrogen and oxygen atoms in total. The van der Waals surface area contributed by atoms with Crippen molar-refractivity contribution in [1.82, 2.24) is 10.2 Å². The number of urea groups is 1. The molecule has 1 aliphatic heterocycles. The van der Waals surface area contributed by atoms with Gasteiger partial charge in [-0.15, -0.1) is 0 Å². The fourth-order valence-corrected chi connectivity index (χ4v) is 2.81. The summed E-state index contributed by atoms with van der Waals surface area (Å²) in [6.07, 6.45) is 0. The third-order valence-corrected chi connectivity index (χ3v) is 4.46. The van der Waals surface area contributed by atoms with Crippen LogP contribution in [0.2, 0.25) is 0 Å². The number of hydrogen-bond acceptors (Lipinski definition) is 4. The third kappa shape index (κ3) is 4.02. The van der Waals surface area contributed by atoms with Crippen LogP contribution in [0.25, 0.3) is 0 Å². The van der Waals surface area contributed by atoms with Gasteiger partial charge in [0.15, 0.2) is 11.5 Å². The Morgan fingerprint density at radius 2 is 1.77 bits per heavy atom.